The minimum atomic E-state index is -0.653. The Labute approximate surface area is 111 Å². The Morgan fingerprint density at radius 3 is 2.58 bits per heavy atom. The summed E-state index contributed by atoms with van der Waals surface area (Å²) in [5.74, 6) is -0.276. The van der Waals surface area contributed by atoms with Gasteiger partial charge in [0.2, 0.25) is 0 Å². The van der Waals surface area contributed by atoms with Crippen LogP contribution in [0, 0.1) is 17.6 Å². The maximum atomic E-state index is 13.6. The average molecular weight is 267 g/mol. The number of fused-ring (bicyclic) bond motifs is 1. The van der Waals surface area contributed by atoms with Crippen LogP contribution in [0.5, 0.6) is 0 Å². The zero-order chi connectivity index (χ0) is 14.0. The van der Waals surface area contributed by atoms with Crippen molar-refractivity contribution in [3.05, 3.63) is 35.6 Å². The average Bonchev–Trinajstić information content (AvgIpc) is 2.73. The summed E-state index contributed by atoms with van der Waals surface area (Å²) >= 11 is 0. The first kappa shape index (κ1) is 14.0. The van der Waals surface area contributed by atoms with Crippen LogP contribution in [0.3, 0.4) is 0 Å². The topological polar surface area (TPSA) is 25.2 Å². The monoisotopic (exact) mass is 267 g/mol. The summed E-state index contributed by atoms with van der Waals surface area (Å²) in [6.07, 6.45) is 1.01. The molecule has 19 heavy (non-hydrogen) atoms. The zero-order valence-electron chi connectivity index (χ0n) is 11.5. The van der Waals surface area contributed by atoms with Gasteiger partial charge in [0.05, 0.1) is 6.04 Å². The lowest BCUT2D eigenvalue weighted by Crippen LogP contribution is -2.25. The molecule has 1 aromatic heterocycles. The molecular weight excluding hydrogens is 248 g/mol. The second-order valence-corrected chi connectivity index (χ2v) is 5.13. The van der Waals surface area contributed by atoms with Gasteiger partial charge in [0, 0.05) is 11.5 Å². The van der Waals surface area contributed by atoms with Crippen LogP contribution in [-0.2, 0) is 0 Å². The van der Waals surface area contributed by atoms with Gasteiger partial charge in [0.25, 0.3) is 0 Å². The molecule has 0 amide bonds. The van der Waals surface area contributed by atoms with Crippen LogP contribution < -0.4 is 5.32 Å². The molecule has 2 nitrogen and oxygen atoms in total. The molecule has 1 unspecified atom stereocenters. The molecule has 2 rings (SSSR count). The smallest absolute Gasteiger partial charge is 0.170 e. The standard InChI is InChI=1S/C15H19F2NO/c1-4-5-18-14(9(2)3)13-7-10-6-11(16)8-12(17)15(10)19-13/h6-9,14,18H,4-5H2,1-3H3. The van der Waals surface area contributed by atoms with Crippen molar-refractivity contribution in [2.24, 2.45) is 5.92 Å². The Balaban J connectivity index is 2.40. The van der Waals surface area contributed by atoms with Gasteiger partial charge in [-0.15, -0.1) is 0 Å². The number of nitrogens with one attached hydrogen (secondary N) is 1. The molecule has 0 bridgehead atoms. The SMILES string of the molecule is CCCNC(c1cc2cc(F)cc(F)c2o1)C(C)C. The summed E-state index contributed by atoms with van der Waals surface area (Å²) in [4.78, 5) is 0. The van der Waals surface area contributed by atoms with Crippen molar-refractivity contribution in [1.29, 1.82) is 0 Å². The lowest BCUT2D eigenvalue weighted by Gasteiger charge is -2.19. The lowest BCUT2D eigenvalue weighted by molar-refractivity contribution is 0.349. The summed E-state index contributed by atoms with van der Waals surface area (Å²) in [5.41, 5.74) is 0.125. The highest BCUT2D eigenvalue weighted by molar-refractivity contribution is 5.78. The normalized spacial score (nSPS) is 13.4. The van der Waals surface area contributed by atoms with Crippen LogP contribution >= 0.6 is 0 Å². The van der Waals surface area contributed by atoms with E-state index >= 15 is 0 Å². The van der Waals surface area contributed by atoms with Gasteiger partial charge in [-0.2, -0.15) is 0 Å². The summed E-state index contributed by atoms with van der Waals surface area (Å²) in [5, 5.41) is 3.84. The van der Waals surface area contributed by atoms with Gasteiger partial charge in [0.1, 0.15) is 11.6 Å². The first-order valence-corrected chi connectivity index (χ1v) is 6.64. The van der Waals surface area contributed by atoms with Gasteiger partial charge in [-0.05, 0) is 31.0 Å². The Morgan fingerprint density at radius 1 is 1.21 bits per heavy atom. The molecule has 2 aromatic rings. The molecule has 0 aliphatic heterocycles. The van der Waals surface area contributed by atoms with E-state index < -0.39 is 11.6 Å². The van der Waals surface area contributed by atoms with Crippen LogP contribution in [0.2, 0.25) is 0 Å². The van der Waals surface area contributed by atoms with Crippen molar-refractivity contribution in [2.45, 2.75) is 33.2 Å². The Morgan fingerprint density at radius 2 is 1.95 bits per heavy atom. The fourth-order valence-electron chi connectivity index (χ4n) is 2.21. The van der Waals surface area contributed by atoms with Crippen molar-refractivity contribution in [1.82, 2.24) is 5.32 Å². The van der Waals surface area contributed by atoms with E-state index in [1.165, 1.54) is 6.07 Å². The highest BCUT2D eigenvalue weighted by Gasteiger charge is 2.20. The van der Waals surface area contributed by atoms with E-state index in [1.807, 2.05) is 0 Å². The van der Waals surface area contributed by atoms with Gasteiger partial charge in [-0.25, -0.2) is 8.78 Å². The van der Waals surface area contributed by atoms with Crippen LogP contribution in [0.4, 0.5) is 8.78 Å². The fourth-order valence-corrected chi connectivity index (χ4v) is 2.21. The van der Waals surface area contributed by atoms with E-state index in [0.29, 0.717) is 17.1 Å². The molecule has 0 saturated carbocycles. The summed E-state index contributed by atoms with van der Waals surface area (Å²) in [6, 6.07) is 3.87. The van der Waals surface area contributed by atoms with Crippen LogP contribution in [0.1, 0.15) is 39.0 Å². The van der Waals surface area contributed by atoms with Gasteiger partial charge in [0.15, 0.2) is 11.4 Å². The molecule has 1 atom stereocenters. The van der Waals surface area contributed by atoms with Gasteiger partial charge in [-0.3, -0.25) is 0 Å². The molecule has 4 heteroatoms. The van der Waals surface area contributed by atoms with Crippen LogP contribution in [0.25, 0.3) is 11.0 Å². The molecule has 0 fully saturated rings. The predicted molar refractivity (Wildman–Crippen MR) is 72.0 cm³/mol. The third-order valence-electron chi connectivity index (χ3n) is 3.14. The summed E-state index contributed by atoms with van der Waals surface area (Å²) in [6.45, 7) is 7.07. The number of benzene rings is 1. The van der Waals surface area contributed by atoms with E-state index in [2.05, 4.69) is 26.1 Å². The number of hydrogen-bond donors (Lipinski definition) is 1. The first-order valence-electron chi connectivity index (χ1n) is 6.64. The summed E-state index contributed by atoms with van der Waals surface area (Å²) < 4.78 is 32.4. The molecule has 104 valence electrons. The van der Waals surface area contributed by atoms with Crippen molar-refractivity contribution < 1.29 is 13.2 Å². The second-order valence-electron chi connectivity index (χ2n) is 5.13. The zero-order valence-corrected chi connectivity index (χ0v) is 11.5. The molecule has 0 saturated heterocycles. The maximum absolute atomic E-state index is 13.6. The quantitative estimate of drug-likeness (QED) is 0.868. The lowest BCUT2D eigenvalue weighted by atomic mass is 10.0. The molecule has 1 heterocycles. The third kappa shape index (κ3) is 2.95. The minimum Gasteiger partial charge on any atom is -0.456 e. The second kappa shape index (κ2) is 5.70. The maximum Gasteiger partial charge on any atom is 0.170 e. The van der Waals surface area contributed by atoms with Crippen LogP contribution in [-0.4, -0.2) is 6.54 Å². The molecule has 1 N–H and O–H groups in total. The van der Waals surface area contributed by atoms with E-state index in [1.54, 1.807) is 6.07 Å². The van der Waals surface area contributed by atoms with E-state index in [0.717, 1.165) is 19.0 Å². The third-order valence-corrected chi connectivity index (χ3v) is 3.14. The highest BCUT2D eigenvalue weighted by atomic mass is 19.1. The molecule has 0 aliphatic rings. The fraction of sp³-hybridized carbons (Fsp3) is 0.467. The molecule has 0 aliphatic carbocycles. The van der Waals surface area contributed by atoms with Gasteiger partial charge < -0.3 is 9.73 Å². The Hall–Kier alpha value is -1.42. The number of hydrogen-bond acceptors (Lipinski definition) is 2. The minimum absolute atomic E-state index is 0.00908. The predicted octanol–water partition coefficient (Wildman–Crippen LogP) is 4.41. The first-order chi connectivity index (χ1) is 9.02. The van der Waals surface area contributed by atoms with E-state index in [9.17, 15) is 8.78 Å². The van der Waals surface area contributed by atoms with Gasteiger partial charge >= 0.3 is 0 Å². The summed E-state index contributed by atoms with van der Waals surface area (Å²) in [7, 11) is 0. The number of furan rings is 1. The van der Waals surface area contributed by atoms with Crippen LogP contribution in [0.15, 0.2) is 22.6 Å². The van der Waals surface area contributed by atoms with E-state index in [4.69, 9.17) is 4.42 Å². The Bertz CT molecular complexity index is 563. The Kier molecular flexibility index (Phi) is 4.20. The van der Waals surface area contributed by atoms with Crippen molar-refractivity contribution in [2.75, 3.05) is 6.54 Å². The molecule has 1 aromatic carbocycles. The highest BCUT2D eigenvalue weighted by Crippen LogP contribution is 2.30. The largest absolute Gasteiger partial charge is 0.456 e. The van der Waals surface area contributed by atoms with Crippen molar-refractivity contribution >= 4 is 11.0 Å². The molecule has 0 radical (unpaired) electrons. The van der Waals surface area contributed by atoms with Gasteiger partial charge in [-0.1, -0.05) is 20.8 Å². The van der Waals surface area contributed by atoms with E-state index in [-0.39, 0.29) is 11.6 Å². The van der Waals surface area contributed by atoms with Crippen molar-refractivity contribution in [3.63, 3.8) is 0 Å². The van der Waals surface area contributed by atoms with Crippen molar-refractivity contribution in [3.8, 4) is 0 Å². The number of halogens is 2. The molecular formula is C15H19F2NO. The molecule has 0 spiro atoms. The number of rotatable bonds is 5.